The van der Waals surface area contributed by atoms with Gasteiger partial charge in [-0.25, -0.2) is 4.68 Å². The highest BCUT2D eigenvalue weighted by Crippen LogP contribution is 2.19. The minimum Gasteiger partial charge on any atom is -0.333 e. The Morgan fingerprint density at radius 3 is 2.46 bits per heavy atom. The maximum Gasteiger partial charge on any atom is 0.269 e. The number of hydrogen-bond donors (Lipinski definition) is 1. The van der Waals surface area contributed by atoms with Crippen LogP contribution in [0.25, 0.3) is 11.3 Å². The van der Waals surface area contributed by atoms with Gasteiger partial charge in [0.05, 0.1) is 36.8 Å². The summed E-state index contributed by atoms with van der Waals surface area (Å²) in [6.45, 7) is 3.82. The molecule has 1 aliphatic rings. The summed E-state index contributed by atoms with van der Waals surface area (Å²) >= 11 is 0. The summed E-state index contributed by atoms with van der Waals surface area (Å²) in [7, 11) is 0. The first-order chi connectivity index (χ1) is 11.6. The van der Waals surface area contributed by atoms with Gasteiger partial charge in [0.25, 0.3) is 11.2 Å². The molecule has 1 aromatic carbocycles. The van der Waals surface area contributed by atoms with Crippen LogP contribution < -0.4 is 10.5 Å². The van der Waals surface area contributed by atoms with Crippen LogP contribution >= 0.6 is 0 Å². The zero-order valence-electron chi connectivity index (χ0n) is 13.5. The zero-order chi connectivity index (χ0) is 16.9. The SMILES string of the molecule is O=c1ccc(-c2ccc([N+](=O)[O-])cc2)nn1CC[NH+]1CCCCC1. The summed E-state index contributed by atoms with van der Waals surface area (Å²) in [6, 6.07) is 9.38. The van der Waals surface area contributed by atoms with Crippen molar-refractivity contribution in [2.75, 3.05) is 19.6 Å². The number of nitrogens with zero attached hydrogens (tertiary/aromatic N) is 3. The van der Waals surface area contributed by atoms with Crippen molar-refractivity contribution in [2.45, 2.75) is 25.8 Å². The van der Waals surface area contributed by atoms with E-state index in [1.54, 1.807) is 18.2 Å². The molecule has 7 nitrogen and oxygen atoms in total. The minimum absolute atomic E-state index is 0.0424. The molecule has 2 heterocycles. The summed E-state index contributed by atoms with van der Waals surface area (Å²) in [4.78, 5) is 23.8. The van der Waals surface area contributed by atoms with Crippen molar-refractivity contribution < 1.29 is 9.82 Å². The van der Waals surface area contributed by atoms with E-state index < -0.39 is 4.92 Å². The van der Waals surface area contributed by atoms with Crippen molar-refractivity contribution in [1.29, 1.82) is 0 Å². The van der Waals surface area contributed by atoms with Crippen LogP contribution in [-0.4, -0.2) is 34.3 Å². The Balaban J connectivity index is 1.75. The molecule has 1 aliphatic heterocycles. The van der Waals surface area contributed by atoms with Crippen LogP contribution in [0.2, 0.25) is 0 Å². The Kier molecular flexibility index (Phi) is 5.00. The van der Waals surface area contributed by atoms with Gasteiger partial charge in [-0.2, -0.15) is 5.10 Å². The lowest BCUT2D eigenvalue weighted by Crippen LogP contribution is -3.13. The van der Waals surface area contributed by atoms with Gasteiger partial charge in [0, 0.05) is 23.8 Å². The van der Waals surface area contributed by atoms with E-state index in [1.807, 2.05) is 0 Å². The first-order valence-electron chi connectivity index (χ1n) is 8.30. The van der Waals surface area contributed by atoms with Gasteiger partial charge in [-0.15, -0.1) is 0 Å². The Bertz CT molecular complexity index is 764. The standard InChI is InChI=1S/C17H20N4O3/c22-17-9-8-16(14-4-6-15(7-5-14)21(23)24)18-20(17)13-12-19-10-2-1-3-11-19/h4-9H,1-3,10-13H2/p+1. The third-order valence-electron chi connectivity index (χ3n) is 4.48. The monoisotopic (exact) mass is 329 g/mol. The fourth-order valence-corrected chi connectivity index (χ4v) is 3.08. The highest BCUT2D eigenvalue weighted by molar-refractivity contribution is 5.60. The van der Waals surface area contributed by atoms with Crippen molar-refractivity contribution in [3.63, 3.8) is 0 Å². The van der Waals surface area contributed by atoms with Crippen LogP contribution in [0.1, 0.15) is 19.3 Å². The number of piperidine rings is 1. The molecule has 1 saturated heterocycles. The fraction of sp³-hybridized carbons (Fsp3) is 0.412. The largest absolute Gasteiger partial charge is 0.333 e. The number of benzene rings is 1. The fourth-order valence-electron chi connectivity index (χ4n) is 3.08. The van der Waals surface area contributed by atoms with Crippen molar-refractivity contribution in [3.05, 3.63) is 56.9 Å². The topological polar surface area (TPSA) is 82.5 Å². The maximum atomic E-state index is 12.0. The average molecular weight is 329 g/mol. The molecule has 0 saturated carbocycles. The second-order valence-corrected chi connectivity index (χ2v) is 6.14. The van der Waals surface area contributed by atoms with E-state index in [2.05, 4.69) is 5.10 Å². The molecule has 0 amide bonds. The van der Waals surface area contributed by atoms with E-state index in [1.165, 1.54) is 47.0 Å². The lowest BCUT2D eigenvalue weighted by atomic mass is 10.1. The summed E-state index contributed by atoms with van der Waals surface area (Å²) in [5, 5.41) is 15.1. The molecule has 126 valence electrons. The summed E-state index contributed by atoms with van der Waals surface area (Å²) in [5.74, 6) is 0. The van der Waals surface area contributed by atoms with E-state index in [4.69, 9.17) is 0 Å². The van der Waals surface area contributed by atoms with Crippen LogP contribution in [-0.2, 0) is 6.54 Å². The third kappa shape index (κ3) is 3.86. The number of quaternary nitrogens is 1. The lowest BCUT2D eigenvalue weighted by Gasteiger charge is -2.23. The molecule has 0 unspecified atom stereocenters. The second kappa shape index (κ2) is 7.35. The van der Waals surface area contributed by atoms with Gasteiger partial charge >= 0.3 is 0 Å². The first kappa shape index (κ1) is 16.3. The molecular formula is C17H21N4O3+. The number of rotatable bonds is 5. The molecule has 1 N–H and O–H groups in total. The molecular weight excluding hydrogens is 308 g/mol. The number of non-ortho nitro benzene ring substituents is 1. The van der Waals surface area contributed by atoms with Crippen LogP contribution in [0.5, 0.6) is 0 Å². The first-order valence-corrected chi connectivity index (χ1v) is 8.30. The molecule has 24 heavy (non-hydrogen) atoms. The predicted molar refractivity (Wildman–Crippen MR) is 90.0 cm³/mol. The van der Waals surface area contributed by atoms with Crippen molar-refractivity contribution in [3.8, 4) is 11.3 Å². The number of nitrogens with one attached hydrogen (secondary N) is 1. The van der Waals surface area contributed by atoms with Crippen molar-refractivity contribution >= 4 is 5.69 Å². The second-order valence-electron chi connectivity index (χ2n) is 6.14. The normalized spacial score (nSPS) is 15.3. The van der Waals surface area contributed by atoms with Crippen LogP contribution in [0, 0.1) is 10.1 Å². The summed E-state index contributed by atoms with van der Waals surface area (Å²) in [5.41, 5.74) is 1.34. The van der Waals surface area contributed by atoms with Crippen molar-refractivity contribution in [2.24, 2.45) is 0 Å². The van der Waals surface area contributed by atoms with Crippen LogP contribution in [0.15, 0.2) is 41.2 Å². The van der Waals surface area contributed by atoms with E-state index >= 15 is 0 Å². The van der Waals surface area contributed by atoms with Gasteiger partial charge in [0.2, 0.25) is 0 Å². The van der Waals surface area contributed by atoms with Gasteiger partial charge in [0.15, 0.2) is 0 Å². The van der Waals surface area contributed by atoms with Crippen LogP contribution in [0.4, 0.5) is 5.69 Å². The molecule has 0 bridgehead atoms. The van der Waals surface area contributed by atoms with Gasteiger partial charge in [-0.3, -0.25) is 14.9 Å². The lowest BCUT2D eigenvalue weighted by molar-refractivity contribution is -0.905. The van der Waals surface area contributed by atoms with E-state index in [0.29, 0.717) is 12.2 Å². The van der Waals surface area contributed by atoms with E-state index in [9.17, 15) is 14.9 Å². The van der Waals surface area contributed by atoms with Crippen molar-refractivity contribution in [1.82, 2.24) is 9.78 Å². The molecule has 3 rings (SSSR count). The Hall–Kier alpha value is -2.54. The zero-order valence-corrected chi connectivity index (χ0v) is 13.5. The molecule has 1 fully saturated rings. The number of aromatic nitrogens is 2. The Labute approximate surface area is 139 Å². The van der Waals surface area contributed by atoms with Gasteiger partial charge in [-0.05, 0) is 37.5 Å². The van der Waals surface area contributed by atoms with Crippen LogP contribution in [0.3, 0.4) is 0 Å². The Morgan fingerprint density at radius 1 is 1.08 bits per heavy atom. The smallest absolute Gasteiger partial charge is 0.269 e. The number of likely N-dealkylation sites (tertiary alicyclic amines) is 1. The quantitative estimate of drug-likeness (QED) is 0.652. The molecule has 7 heteroatoms. The number of hydrogen-bond acceptors (Lipinski definition) is 4. The van der Waals surface area contributed by atoms with Gasteiger partial charge in [0.1, 0.15) is 0 Å². The molecule has 2 aromatic rings. The van der Waals surface area contributed by atoms with E-state index in [-0.39, 0.29) is 11.2 Å². The molecule has 0 spiro atoms. The van der Waals surface area contributed by atoms with Gasteiger partial charge in [-0.1, -0.05) is 0 Å². The minimum atomic E-state index is -0.431. The highest BCUT2D eigenvalue weighted by atomic mass is 16.6. The summed E-state index contributed by atoms with van der Waals surface area (Å²) < 4.78 is 1.50. The third-order valence-corrected chi connectivity index (χ3v) is 4.48. The predicted octanol–water partition coefficient (Wildman–Crippen LogP) is 0.887. The molecule has 0 aliphatic carbocycles. The Morgan fingerprint density at radius 2 is 1.79 bits per heavy atom. The maximum absolute atomic E-state index is 12.0. The number of nitro groups is 1. The number of nitro benzene ring substituents is 1. The van der Waals surface area contributed by atoms with Gasteiger partial charge < -0.3 is 4.90 Å². The average Bonchev–Trinajstić information content (AvgIpc) is 2.62. The highest BCUT2D eigenvalue weighted by Gasteiger charge is 2.14. The molecule has 1 aromatic heterocycles. The molecule has 0 radical (unpaired) electrons. The van der Waals surface area contributed by atoms with E-state index in [0.717, 1.165) is 25.2 Å². The molecule has 0 atom stereocenters. The summed E-state index contributed by atoms with van der Waals surface area (Å²) in [6.07, 6.45) is 3.80.